The van der Waals surface area contributed by atoms with Crippen LogP contribution in [0.5, 0.6) is 0 Å². The summed E-state index contributed by atoms with van der Waals surface area (Å²) >= 11 is 1.60. The zero-order chi connectivity index (χ0) is 19.8. The molecule has 28 heavy (non-hydrogen) atoms. The van der Waals surface area contributed by atoms with E-state index in [1.165, 1.54) is 4.88 Å². The highest BCUT2D eigenvalue weighted by Crippen LogP contribution is 2.36. The molecule has 0 fully saturated rings. The SMILES string of the molecule is Cc1ccccc1CC(=O)O[C@H](C)c1nc2sc3c(c2c(=O)[nH]1)CC[C@@H](C)C3. The number of aryl methyl sites for hydroxylation is 2. The van der Waals surface area contributed by atoms with Gasteiger partial charge in [-0.2, -0.15) is 0 Å². The van der Waals surface area contributed by atoms with Crippen molar-refractivity contribution < 1.29 is 9.53 Å². The molecule has 1 aromatic carbocycles. The predicted molar refractivity (Wildman–Crippen MR) is 111 cm³/mol. The summed E-state index contributed by atoms with van der Waals surface area (Å²) in [5.41, 5.74) is 3.02. The number of carbonyl (C=O) groups excluding carboxylic acids is 1. The standard InChI is InChI=1S/C22H24N2O3S/c1-12-8-9-16-17(10-12)28-22-19(16)21(26)23-20(24-22)14(3)27-18(25)11-15-7-5-4-6-13(15)2/h4-7,12,14H,8-11H2,1-3H3,(H,23,24,26)/t12-,14-/m1/s1. The first-order valence-electron chi connectivity index (χ1n) is 9.70. The minimum atomic E-state index is -0.605. The van der Waals surface area contributed by atoms with Crippen LogP contribution in [0.25, 0.3) is 10.2 Å². The van der Waals surface area contributed by atoms with E-state index in [1.807, 2.05) is 31.2 Å². The molecule has 2 heterocycles. The number of carbonyl (C=O) groups is 1. The number of aromatic nitrogens is 2. The van der Waals surface area contributed by atoms with Gasteiger partial charge in [-0.25, -0.2) is 4.98 Å². The monoisotopic (exact) mass is 396 g/mol. The molecule has 1 aliphatic carbocycles. The molecule has 6 heteroatoms. The average Bonchev–Trinajstić information content (AvgIpc) is 3.01. The zero-order valence-electron chi connectivity index (χ0n) is 16.4. The minimum absolute atomic E-state index is 0.131. The van der Waals surface area contributed by atoms with Gasteiger partial charge in [0.05, 0.1) is 11.8 Å². The zero-order valence-corrected chi connectivity index (χ0v) is 17.2. The lowest BCUT2D eigenvalue weighted by Gasteiger charge is -2.17. The Morgan fingerprint density at radius 3 is 2.96 bits per heavy atom. The third-order valence-electron chi connectivity index (χ3n) is 5.47. The van der Waals surface area contributed by atoms with Crippen molar-refractivity contribution in [3.63, 3.8) is 0 Å². The molecule has 5 nitrogen and oxygen atoms in total. The maximum atomic E-state index is 12.7. The van der Waals surface area contributed by atoms with Gasteiger partial charge in [-0.15, -0.1) is 11.3 Å². The van der Waals surface area contributed by atoms with Gasteiger partial charge in [0.25, 0.3) is 5.56 Å². The number of aromatic amines is 1. The van der Waals surface area contributed by atoms with E-state index in [-0.39, 0.29) is 17.9 Å². The molecule has 3 aromatic rings. The van der Waals surface area contributed by atoms with Gasteiger partial charge < -0.3 is 9.72 Å². The van der Waals surface area contributed by atoms with Crippen LogP contribution in [0.1, 0.15) is 53.8 Å². The number of ether oxygens (including phenoxy) is 1. The molecule has 146 valence electrons. The van der Waals surface area contributed by atoms with Crippen LogP contribution in [-0.2, 0) is 28.8 Å². The predicted octanol–water partition coefficient (Wildman–Crippen LogP) is 4.26. The van der Waals surface area contributed by atoms with Gasteiger partial charge in [-0.1, -0.05) is 31.2 Å². The van der Waals surface area contributed by atoms with E-state index < -0.39 is 6.10 Å². The summed E-state index contributed by atoms with van der Waals surface area (Å²) < 4.78 is 5.55. The van der Waals surface area contributed by atoms with E-state index in [4.69, 9.17) is 4.74 Å². The molecular weight excluding hydrogens is 372 g/mol. The van der Waals surface area contributed by atoms with E-state index in [0.29, 0.717) is 17.1 Å². The highest BCUT2D eigenvalue weighted by molar-refractivity contribution is 7.18. The van der Waals surface area contributed by atoms with Crippen molar-refractivity contribution in [3.05, 3.63) is 62.0 Å². The highest BCUT2D eigenvalue weighted by atomic mass is 32.1. The van der Waals surface area contributed by atoms with E-state index in [2.05, 4.69) is 16.9 Å². The molecule has 0 radical (unpaired) electrons. The van der Waals surface area contributed by atoms with Crippen LogP contribution in [-0.4, -0.2) is 15.9 Å². The second-order valence-electron chi connectivity index (χ2n) is 7.72. The molecule has 0 bridgehead atoms. The second kappa shape index (κ2) is 7.51. The third-order valence-corrected chi connectivity index (χ3v) is 6.62. The van der Waals surface area contributed by atoms with Crippen molar-refractivity contribution in [2.45, 2.75) is 52.6 Å². The quantitative estimate of drug-likeness (QED) is 0.669. The van der Waals surface area contributed by atoms with E-state index in [1.54, 1.807) is 18.3 Å². The Kier molecular flexibility index (Phi) is 5.06. The Labute approximate surface area is 167 Å². The van der Waals surface area contributed by atoms with Crippen LogP contribution in [0.2, 0.25) is 0 Å². The highest BCUT2D eigenvalue weighted by Gasteiger charge is 2.24. The number of H-pyrrole nitrogens is 1. The number of esters is 1. The van der Waals surface area contributed by atoms with Gasteiger partial charge in [0.2, 0.25) is 0 Å². The Balaban J connectivity index is 1.56. The maximum absolute atomic E-state index is 12.7. The van der Waals surface area contributed by atoms with Gasteiger partial charge in [-0.3, -0.25) is 9.59 Å². The largest absolute Gasteiger partial charge is 0.454 e. The summed E-state index contributed by atoms with van der Waals surface area (Å²) in [5, 5.41) is 0.717. The van der Waals surface area contributed by atoms with E-state index in [0.717, 1.165) is 40.8 Å². The Hall–Kier alpha value is -2.47. The number of benzene rings is 1. The average molecular weight is 397 g/mol. The molecule has 0 amide bonds. The van der Waals surface area contributed by atoms with Crippen LogP contribution in [0.4, 0.5) is 0 Å². The molecule has 0 aliphatic heterocycles. The molecule has 0 spiro atoms. The lowest BCUT2D eigenvalue weighted by molar-refractivity contribution is -0.148. The van der Waals surface area contributed by atoms with Gasteiger partial charge in [0.15, 0.2) is 11.9 Å². The van der Waals surface area contributed by atoms with Gasteiger partial charge in [0.1, 0.15) is 4.83 Å². The fourth-order valence-electron chi connectivity index (χ4n) is 3.82. The fraction of sp³-hybridized carbons (Fsp3) is 0.409. The molecule has 2 atom stereocenters. The molecule has 1 aliphatic rings. The Morgan fingerprint density at radius 1 is 1.39 bits per heavy atom. The van der Waals surface area contributed by atoms with Crippen molar-refractivity contribution >= 4 is 27.5 Å². The summed E-state index contributed by atoms with van der Waals surface area (Å²) in [6.07, 6.45) is 2.64. The summed E-state index contributed by atoms with van der Waals surface area (Å²) in [4.78, 5) is 34.6. The Bertz CT molecular complexity index is 1100. The molecule has 0 saturated carbocycles. The minimum Gasteiger partial charge on any atom is -0.454 e. The number of hydrogen-bond acceptors (Lipinski definition) is 5. The van der Waals surface area contributed by atoms with Crippen molar-refractivity contribution in [2.75, 3.05) is 0 Å². The number of thiophene rings is 1. The maximum Gasteiger partial charge on any atom is 0.310 e. The first-order chi connectivity index (χ1) is 13.4. The van der Waals surface area contributed by atoms with E-state index >= 15 is 0 Å². The van der Waals surface area contributed by atoms with Gasteiger partial charge in [-0.05, 0) is 55.7 Å². The van der Waals surface area contributed by atoms with Crippen molar-refractivity contribution in [1.29, 1.82) is 0 Å². The van der Waals surface area contributed by atoms with Crippen molar-refractivity contribution in [2.24, 2.45) is 5.92 Å². The van der Waals surface area contributed by atoms with Gasteiger partial charge >= 0.3 is 5.97 Å². The number of nitrogens with zero attached hydrogens (tertiary/aromatic N) is 1. The van der Waals surface area contributed by atoms with Crippen molar-refractivity contribution in [3.8, 4) is 0 Å². The number of hydrogen-bond donors (Lipinski definition) is 1. The molecule has 4 rings (SSSR count). The summed E-state index contributed by atoms with van der Waals surface area (Å²) in [7, 11) is 0. The van der Waals surface area contributed by atoms with Gasteiger partial charge in [0, 0.05) is 4.88 Å². The van der Waals surface area contributed by atoms with E-state index in [9.17, 15) is 9.59 Å². The second-order valence-corrected chi connectivity index (χ2v) is 8.80. The lowest BCUT2D eigenvalue weighted by Crippen LogP contribution is -2.19. The fourth-order valence-corrected chi connectivity index (χ4v) is 5.21. The van der Waals surface area contributed by atoms with Crippen LogP contribution < -0.4 is 5.56 Å². The van der Waals surface area contributed by atoms with Crippen LogP contribution in [0.15, 0.2) is 29.1 Å². The van der Waals surface area contributed by atoms with Crippen LogP contribution in [0.3, 0.4) is 0 Å². The summed E-state index contributed by atoms with van der Waals surface area (Å²) in [5.74, 6) is 0.714. The van der Waals surface area contributed by atoms with Crippen molar-refractivity contribution in [1.82, 2.24) is 9.97 Å². The number of fused-ring (bicyclic) bond motifs is 3. The molecule has 2 aromatic heterocycles. The topological polar surface area (TPSA) is 72.0 Å². The molecular formula is C22H24N2O3S. The molecule has 0 unspecified atom stereocenters. The summed E-state index contributed by atoms with van der Waals surface area (Å²) in [6, 6.07) is 7.74. The first-order valence-corrected chi connectivity index (χ1v) is 10.5. The number of nitrogens with one attached hydrogen (secondary N) is 1. The van der Waals surface area contributed by atoms with Crippen LogP contribution in [0, 0.1) is 12.8 Å². The lowest BCUT2D eigenvalue weighted by atomic mass is 9.89. The third kappa shape index (κ3) is 3.61. The molecule has 0 saturated heterocycles. The normalized spacial score (nSPS) is 17.3. The first kappa shape index (κ1) is 18.9. The van der Waals surface area contributed by atoms with Crippen LogP contribution >= 0.6 is 11.3 Å². The Morgan fingerprint density at radius 2 is 2.18 bits per heavy atom. The summed E-state index contributed by atoms with van der Waals surface area (Å²) in [6.45, 7) is 5.96. The number of rotatable bonds is 4. The molecule has 1 N–H and O–H groups in total. The smallest absolute Gasteiger partial charge is 0.310 e.